The van der Waals surface area contributed by atoms with E-state index >= 15 is 0 Å². The Bertz CT molecular complexity index is 715. The third-order valence-corrected chi connectivity index (χ3v) is 7.03. The van der Waals surface area contributed by atoms with E-state index in [0.717, 1.165) is 25.9 Å². The molecule has 0 aromatic heterocycles. The fourth-order valence-electron chi connectivity index (χ4n) is 5.07. The Balaban J connectivity index is 1.64. The average Bonchev–Trinajstić information content (AvgIpc) is 2.68. The van der Waals surface area contributed by atoms with Gasteiger partial charge in [-0.1, -0.05) is 29.9 Å². The van der Waals surface area contributed by atoms with Gasteiger partial charge in [-0.3, -0.25) is 4.90 Å². The van der Waals surface area contributed by atoms with Crippen LogP contribution in [0.25, 0.3) is 0 Å². The maximum Gasteiger partial charge on any atom is 0.0377 e. The number of hydrogen-bond acceptors (Lipinski definition) is 3. The Morgan fingerprint density at radius 2 is 1.60 bits per heavy atom. The molecule has 3 heteroatoms. The summed E-state index contributed by atoms with van der Waals surface area (Å²) in [5.41, 5.74) is 3.60. The molecule has 0 saturated heterocycles. The lowest BCUT2D eigenvalue weighted by molar-refractivity contribution is 0.117. The Morgan fingerprint density at radius 1 is 0.833 bits per heavy atom. The lowest BCUT2D eigenvalue weighted by Crippen LogP contribution is -2.49. The van der Waals surface area contributed by atoms with E-state index in [2.05, 4.69) is 99.9 Å². The number of allylic oxidation sites excluding steroid dienone is 2. The van der Waals surface area contributed by atoms with Gasteiger partial charge in [0.15, 0.2) is 0 Å². The molecule has 3 aliphatic heterocycles. The zero-order valence-corrected chi connectivity index (χ0v) is 20.7. The molecule has 0 fully saturated rings. The molecule has 168 valence electrons. The molecule has 0 unspecified atom stereocenters. The van der Waals surface area contributed by atoms with E-state index in [1.807, 2.05) is 0 Å². The van der Waals surface area contributed by atoms with Gasteiger partial charge in [-0.2, -0.15) is 0 Å². The van der Waals surface area contributed by atoms with Crippen LogP contribution in [0.15, 0.2) is 47.9 Å². The van der Waals surface area contributed by atoms with Crippen LogP contribution in [0.1, 0.15) is 80.6 Å². The monoisotopic (exact) mass is 411 g/mol. The SMILES string of the molecule is CC(C)(C)N1C=C(CC(C)(C)N2CCC=C(CC(C)(C)N3C=CCCC3)C2)C=CC1. The van der Waals surface area contributed by atoms with Crippen LogP contribution < -0.4 is 0 Å². The van der Waals surface area contributed by atoms with Crippen LogP contribution in [0.5, 0.6) is 0 Å². The normalized spacial score (nSPS) is 21.7. The highest BCUT2D eigenvalue weighted by Gasteiger charge is 2.33. The summed E-state index contributed by atoms with van der Waals surface area (Å²) < 4.78 is 0. The topological polar surface area (TPSA) is 9.72 Å². The van der Waals surface area contributed by atoms with Gasteiger partial charge >= 0.3 is 0 Å². The Morgan fingerprint density at radius 3 is 2.27 bits per heavy atom. The van der Waals surface area contributed by atoms with E-state index in [0.29, 0.717) is 0 Å². The maximum absolute atomic E-state index is 2.72. The van der Waals surface area contributed by atoms with Crippen molar-refractivity contribution in [3.63, 3.8) is 0 Å². The predicted molar refractivity (Wildman–Crippen MR) is 130 cm³/mol. The minimum Gasteiger partial charge on any atom is -0.372 e. The molecule has 0 atom stereocenters. The lowest BCUT2D eigenvalue weighted by atomic mass is 9.86. The van der Waals surface area contributed by atoms with Crippen molar-refractivity contribution in [3.05, 3.63) is 47.9 Å². The number of nitrogens with zero attached hydrogens (tertiary/aromatic N) is 3. The molecule has 0 spiro atoms. The molecule has 0 N–H and O–H groups in total. The van der Waals surface area contributed by atoms with Crippen LogP contribution >= 0.6 is 0 Å². The largest absolute Gasteiger partial charge is 0.372 e. The summed E-state index contributed by atoms with van der Waals surface area (Å²) in [4.78, 5) is 7.74. The molecule has 3 heterocycles. The van der Waals surface area contributed by atoms with Crippen LogP contribution in [0, 0.1) is 0 Å². The van der Waals surface area contributed by atoms with Gasteiger partial charge in [0, 0.05) is 49.0 Å². The standard InChI is InChI=1S/C27H45N3/c1-25(2,3)29-17-11-13-23(21-29)20-27(6,7)30-18-12-14-24(22-30)19-26(4,5)28-15-9-8-10-16-28/h9,11,13-15,21H,8,10,12,16-20,22H2,1-7H3. The fourth-order valence-corrected chi connectivity index (χ4v) is 5.07. The van der Waals surface area contributed by atoms with Gasteiger partial charge in [0.2, 0.25) is 0 Å². The molecular formula is C27H45N3. The first-order valence-electron chi connectivity index (χ1n) is 12.0. The van der Waals surface area contributed by atoms with Crippen molar-refractivity contribution < 1.29 is 0 Å². The molecule has 0 saturated carbocycles. The van der Waals surface area contributed by atoms with E-state index in [1.165, 1.54) is 37.9 Å². The summed E-state index contributed by atoms with van der Waals surface area (Å²) in [7, 11) is 0. The Labute approximate surface area is 186 Å². The molecule has 0 aromatic rings. The highest BCUT2D eigenvalue weighted by molar-refractivity contribution is 5.26. The van der Waals surface area contributed by atoms with Crippen molar-refractivity contribution in [2.45, 2.75) is 97.2 Å². The lowest BCUT2D eigenvalue weighted by Gasteiger charge is -2.45. The van der Waals surface area contributed by atoms with E-state index in [1.54, 1.807) is 5.57 Å². The first kappa shape index (κ1) is 23.2. The molecule has 0 radical (unpaired) electrons. The summed E-state index contributed by atoms with van der Waals surface area (Å²) in [6.45, 7) is 21.1. The summed E-state index contributed by atoms with van der Waals surface area (Å²) in [5.74, 6) is 0. The Hall–Kier alpha value is -1.48. The third kappa shape index (κ3) is 5.81. The second-order valence-electron chi connectivity index (χ2n) is 11.7. The summed E-state index contributed by atoms with van der Waals surface area (Å²) in [5, 5.41) is 0. The number of hydrogen-bond donors (Lipinski definition) is 0. The van der Waals surface area contributed by atoms with Gasteiger partial charge in [-0.15, -0.1) is 0 Å². The summed E-state index contributed by atoms with van der Waals surface area (Å²) in [6.07, 6.45) is 20.2. The minimum atomic E-state index is 0.158. The van der Waals surface area contributed by atoms with Crippen LogP contribution in [0.4, 0.5) is 0 Å². The molecule has 0 bridgehead atoms. The highest BCUT2D eigenvalue weighted by Crippen LogP contribution is 2.33. The van der Waals surface area contributed by atoms with Crippen LogP contribution in [0.2, 0.25) is 0 Å². The average molecular weight is 412 g/mol. The second kappa shape index (κ2) is 8.94. The first-order valence-corrected chi connectivity index (χ1v) is 12.0. The zero-order chi connectivity index (χ0) is 22.0. The van der Waals surface area contributed by atoms with E-state index in [4.69, 9.17) is 0 Å². The molecule has 3 rings (SSSR count). The van der Waals surface area contributed by atoms with Gasteiger partial charge in [0.1, 0.15) is 0 Å². The van der Waals surface area contributed by atoms with E-state index in [9.17, 15) is 0 Å². The predicted octanol–water partition coefficient (Wildman–Crippen LogP) is 6.12. The van der Waals surface area contributed by atoms with E-state index in [-0.39, 0.29) is 16.6 Å². The molecule has 0 aromatic carbocycles. The van der Waals surface area contributed by atoms with Crippen molar-refractivity contribution in [3.8, 4) is 0 Å². The van der Waals surface area contributed by atoms with Crippen molar-refractivity contribution in [2.75, 3.05) is 26.2 Å². The summed E-state index contributed by atoms with van der Waals surface area (Å²) in [6, 6.07) is 0. The van der Waals surface area contributed by atoms with Gasteiger partial charge in [0.25, 0.3) is 0 Å². The minimum absolute atomic E-state index is 0.158. The molecule has 0 aliphatic carbocycles. The first-order chi connectivity index (χ1) is 14.0. The van der Waals surface area contributed by atoms with Crippen LogP contribution in [-0.4, -0.2) is 57.5 Å². The van der Waals surface area contributed by atoms with Gasteiger partial charge in [-0.05, 0) is 92.3 Å². The summed E-state index contributed by atoms with van der Waals surface area (Å²) >= 11 is 0. The van der Waals surface area contributed by atoms with Crippen LogP contribution in [-0.2, 0) is 0 Å². The van der Waals surface area contributed by atoms with Crippen molar-refractivity contribution in [2.24, 2.45) is 0 Å². The van der Waals surface area contributed by atoms with Crippen molar-refractivity contribution in [1.82, 2.24) is 14.7 Å². The fraction of sp³-hybridized carbons (Fsp3) is 0.704. The maximum atomic E-state index is 2.72. The van der Waals surface area contributed by atoms with Crippen LogP contribution in [0.3, 0.4) is 0 Å². The van der Waals surface area contributed by atoms with Crippen molar-refractivity contribution in [1.29, 1.82) is 0 Å². The molecule has 3 nitrogen and oxygen atoms in total. The molecule has 30 heavy (non-hydrogen) atoms. The highest BCUT2D eigenvalue weighted by atomic mass is 15.2. The zero-order valence-electron chi connectivity index (χ0n) is 20.7. The quantitative estimate of drug-likeness (QED) is 0.488. The van der Waals surface area contributed by atoms with Gasteiger partial charge < -0.3 is 9.80 Å². The Kier molecular flexibility index (Phi) is 6.91. The number of rotatable bonds is 6. The molecule has 0 amide bonds. The van der Waals surface area contributed by atoms with Gasteiger partial charge in [0.05, 0.1) is 0 Å². The second-order valence-corrected chi connectivity index (χ2v) is 11.7. The van der Waals surface area contributed by atoms with E-state index < -0.39 is 0 Å². The smallest absolute Gasteiger partial charge is 0.0377 e. The molecule has 3 aliphatic rings. The molecular weight excluding hydrogens is 366 g/mol. The van der Waals surface area contributed by atoms with Crippen molar-refractivity contribution >= 4 is 0 Å². The van der Waals surface area contributed by atoms with Gasteiger partial charge in [-0.25, -0.2) is 0 Å². The third-order valence-electron chi connectivity index (χ3n) is 7.03.